The third-order valence-electron chi connectivity index (χ3n) is 3.44. The number of phenols is 1. The van der Waals surface area contributed by atoms with Gasteiger partial charge in [0.1, 0.15) is 5.75 Å². The molecule has 0 bridgehead atoms. The van der Waals surface area contributed by atoms with Gasteiger partial charge in [0.15, 0.2) is 0 Å². The summed E-state index contributed by atoms with van der Waals surface area (Å²) >= 11 is 0. The quantitative estimate of drug-likeness (QED) is 0.926. The van der Waals surface area contributed by atoms with Crippen molar-refractivity contribution in [1.29, 1.82) is 0 Å². The first-order valence-corrected chi connectivity index (χ1v) is 7.12. The molecule has 2 atom stereocenters. The van der Waals surface area contributed by atoms with E-state index in [0.717, 1.165) is 0 Å². The Bertz CT molecular complexity index is 659. The van der Waals surface area contributed by atoms with E-state index in [1.54, 1.807) is 48.5 Å². The molecule has 114 valence electrons. The maximum Gasteiger partial charge on any atom is 0.277 e. The molecule has 1 aliphatic rings. The van der Waals surface area contributed by atoms with Crippen LogP contribution in [0.3, 0.4) is 0 Å². The maximum absolute atomic E-state index is 12.5. The monoisotopic (exact) mass is 299 g/mol. The third-order valence-corrected chi connectivity index (χ3v) is 3.44. The number of rotatable bonds is 2. The fourth-order valence-corrected chi connectivity index (χ4v) is 2.34. The average Bonchev–Trinajstić information content (AvgIpc) is 2.55. The molecule has 2 aromatic carbocycles. The highest BCUT2D eigenvalue weighted by Crippen LogP contribution is 2.32. The van der Waals surface area contributed by atoms with Gasteiger partial charge < -0.3 is 9.84 Å². The van der Waals surface area contributed by atoms with Crippen molar-refractivity contribution in [3.05, 3.63) is 65.7 Å². The Kier molecular flexibility index (Phi) is 4.09. The number of benzene rings is 2. The normalized spacial score (nSPS) is 21.6. The standard InChI is InChI=1S/C17H17NO4/c1-12-11-18(16(20)13-7-3-2-4-8-13)22-17(21-12)14-9-5-6-10-15(14)19/h2-10,12,17,19H,11H2,1H3/t12-,17-/m0/s1. The van der Waals surface area contributed by atoms with Gasteiger partial charge in [-0.05, 0) is 25.1 Å². The van der Waals surface area contributed by atoms with E-state index < -0.39 is 6.29 Å². The number of ether oxygens (including phenoxy) is 1. The van der Waals surface area contributed by atoms with Crippen LogP contribution in [0.4, 0.5) is 0 Å². The number of hydrogen-bond donors (Lipinski definition) is 1. The van der Waals surface area contributed by atoms with Crippen LogP contribution in [0, 0.1) is 0 Å². The van der Waals surface area contributed by atoms with Crippen LogP contribution in [0.1, 0.15) is 29.1 Å². The summed E-state index contributed by atoms with van der Waals surface area (Å²) in [6, 6.07) is 15.7. The molecule has 5 heteroatoms. The molecular weight excluding hydrogens is 282 g/mol. The fraction of sp³-hybridized carbons (Fsp3) is 0.235. The fourth-order valence-electron chi connectivity index (χ4n) is 2.34. The van der Waals surface area contributed by atoms with Gasteiger partial charge in [-0.2, -0.15) is 0 Å². The molecule has 1 heterocycles. The topological polar surface area (TPSA) is 59.0 Å². The Hall–Kier alpha value is -2.37. The van der Waals surface area contributed by atoms with E-state index in [2.05, 4.69) is 0 Å². The minimum Gasteiger partial charge on any atom is -0.507 e. The summed E-state index contributed by atoms with van der Waals surface area (Å²) in [4.78, 5) is 18.1. The summed E-state index contributed by atoms with van der Waals surface area (Å²) in [5.41, 5.74) is 1.05. The average molecular weight is 299 g/mol. The van der Waals surface area contributed by atoms with E-state index in [-0.39, 0.29) is 17.8 Å². The molecule has 0 unspecified atom stereocenters. The Labute approximate surface area is 128 Å². The van der Waals surface area contributed by atoms with Gasteiger partial charge in [0.25, 0.3) is 5.91 Å². The van der Waals surface area contributed by atoms with Crippen LogP contribution in [-0.2, 0) is 9.57 Å². The van der Waals surface area contributed by atoms with Gasteiger partial charge in [-0.25, -0.2) is 9.90 Å². The van der Waals surface area contributed by atoms with E-state index in [0.29, 0.717) is 17.7 Å². The number of amides is 1. The van der Waals surface area contributed by atoms with Crippen molar-refractivity contribution in [2.45, 2.75) is 19.3 Å². The van der Waals surface area contributed by atoms with Gasteiger partial charge in [-0.3, -0.25) is 4.79 Å². The van der Waals surface area contributed by atoms with Crippen LogP contribution in [0.5, 0.6) is 5.75 Å². The predicted octanol–water partition coefficient (Wildman–Crippen LogP) is 2.88. The molecular formula is C17H17NO4. The van der Waals surface area contributed by atoms with Crippen LogP contribution in [-0.4, -0.2) is 28.7 Å². The van der Waals surface area contributed by atoms with Gasteiger partial charge in [0.05, 0.1) is 18.2 Å². The van der Waals surface area contributed by atoms with E-state index in [1.807, 2.05) is 13.0 Å². The molecule has 1 aliphatic heterocycles. The van der Waals surface area contributed by atoms with Crippen molar-refractivity contribution < 1.29 is 19.5 Å². The van der Waals surface area contributed by atoms with Crippen LogP contribution in [0.25, 0.3) is 0 Å². The summed E-state index contributed by atoms with van der Waals surface area (Å²) in [7, 11) is 0. The van der Waals surface area contributed by atoms with Crippen molar-refractivity contribution in [3.8, 4) is 5.75 Å². The number of para-hydroxylation sites is 1. The minimum atomic E-state index is -0.808. The number of carbonyl (C=O) groups excluding carboxylic acids is 1. The summed E-state index contributed by atoms with van der Waals surface area (Å²) in [5.74, 6) is -0.148. The van der Waals surface area contributed by atoms with Crippen molar-refractivity contribution in [3.63, 3.8) is 0 Å². The molecule has 1 amide bonds. The molecule has 3 rings (SSSR count). The molecule has 1 saturated heterocycles. The lowest BCUT2D eigenvalue weighted by Crippen LogP contribution is -2.44. The van der Waals surface area contributed by atoms with E-state index in [4.69, 9.17) is 9.57 Å². The minimum absolute atomic E-state index is 0.0775. The number of hydrogen-bond acceptors (Lipinski definition) is 4. The highest BCUT2D eigenvalue weighted by atomic mass is 16.8. The number of aromatic hydroxyl groups is 1. The molecule has 0 aliphatic carbocycles. The van der Waals surface area contributed by atoms with Gasteiger partial charge in [-0.15, -0.1) is 0 Å². The van der Waals surface area contributed by atoms with Crippen LogP contribution >= 0.6 is 0 Å². The third kappa shape index (κ3) is 2.95. The predicted molar refractivity (Wildman–Crippen MR) is 80.0 cm³/mol. The lowest BCUT2D eigenvalue weighted by molar-refractivity contribution is -0.320. The largest absolute Gasteiger partial charge is 0.507 e. The molecule has 0 spiro atoms. The molecule has 1 N–H and O–H groups in total. The van der Waals surface area contributed by atoms with E-state index in [1.165, 1.54) is 5.06 Å². The zero-order valence-electron chi connectivity index (χ0n) is 12.2. The summed E-state index contributed by atoms with van der Waals surface area (Å²) in [5, 5.41) is 11.2. The Morgan fingerprint density at radius 3 is 2.55 bits per heavy atom. The summed E-state index contributed by atoms with van der Waals surface area (Å²) < 4.78 is 5.69. The first-order chi connectivity index (χ1) is 10.6. The molecule has 2 aromatic rings. The van der Waals surface area contributed by atoms with Crippen molar-refractivity contribution in [1.82, 2.24) is 5.06 Å². The Balaban J connectivity index is 1.82. The number of carbonyl (C=O) groups is 1. The lowest BCUT2D eigenvalue weighted by Gasteiger charge is -2.36. The van der Waals surface area contributed by atoms with Gasteiger partial charge in [0.2, 0.25) is 6.29 Å². The number of phenolic OH excluding ortho intramolecular Hbond substituents is 1. The second kappa shape index (κ2) is 6.17. The van der Waals surface area contributed by atoms with Crippen LogP contribution in [0.2, 0.25) is 0 Å². The Morgan fingerprint density at radius 1 is 1.14 bits per heavy atom. The SMILES string of the molecule is C[C@H]1CN(C(=O)c2ccccc2)O[C@@H](c2ccccc2O)O1. The number of nitrogens with zero attached hydrogens (tertiary/aromatic N) is 1. The van der Waals surface area contributed by atoms with Crippen molar-refractivity contribution in [2.75, 3.05) is 6.54 Å². The van der Waals surface area contributed by atoms with Crippen LogP contribution < -0.4 is 0 Å². The zero-order valence-corrected chi connectivity index (χ0v) is 12.2. The van der Waals surface area contributed by atoms with Crippen molar-refractivity contribution in [2.24, 2.45) is 0 Å². The highest BCUT2D eigenvalue weighted by molar-refractivity contribution is 5.93. The molecule has 0 saturated carbocycles. The first-order valence-electron chi connectivity index (χ1n) is 7.12. The molecule has 0 aromatic heterocycles. The van der Waals surface area contributed by atoms with Gasteiger partial charge >= 0.3 is 0 Å². The van der Waals surface area contributed by atoms with Crippen molar-refractivity contribution >= 4 is 5.91 Å². The van der Waals surface area contributed by atoms with Crippen LogP contribution in [0.15, 0.2) is 54.6 Å². The molecule has 0 radical (unpaired) electrons. The first kappa shape index (κ1) is 14.6. The second-order valence-electron chi connectivity index (χ2n) is 5.18. The van der Waals surface area contributed by atoms with E-state index in [9.17, 15) is 9.90 Å². The molecule has 1 fully saturated rings. The summed E-state index contributed by atoms with van der Waals surface area (Å²) in [6.45, 7) is 2.19. The molecule has 5 nitrogen and oxygen atoms in total. The van der Waals surface area contributed by atoms with E-state index >= 15 is 0 Å². The summed E-state index contributed by atoms with van der Waals surface area (Å²) in [6.07, 6.45) is -1.01. The zero-order chi connectivity index (χ0) is 15.5. The Morgan fingerprint density at radius 2 is 1.82 bits per heavy atom. The smallest absolute Gasteiger partial charge is 0.277 e. The highest BCUT2D eigenvalue weighted by Gasteiger charge is 2.32. The molecule has 22 heavy (non-hydrogen) atoms. The van der Waals surface area contributed by atoms with Gasteiger partial charge in [0, 0.05) is 5.56 Å². The second-order valence-corrected chi connectivity index (χ2v) is 5.18. The lowest BCUT2D eigenvalue weighted by atomic mass is 10.2. The van der Waals surface area contributed by atoms with Gasteiger partial charge in [-0.1, -0.05) is 36.4 Å². The maximum atomic E-state index is 12.5. The number of hydroxylamine groups is 2.